The van der Waals surface area contributed by atoms with Gasteiger partial charge < -0.3 is 15.8 Å². The first-order valence-corrected chi connectivity index (χ1v) is 8.18. The van der Waals surface area contributed by atoms with Crippen LogP contribution in [-0.2, 0) is 4.79 Å². The molecular weight excluding hydrogens is 342 g/mol. The second-order valence-corrected chi connectivity index (χ2v) is 5.72. The second-order valence-electron chi connectivity index (χ2n) is 5.31. The minimum Gasteiger partial charge on any atom is -0.492 e. The molecule has 0 heterocycles. The lowest BCUT2D eigenvalue weighted by molar-refractivity contribution is -0.115. The summed E-state index contributed by atoms with van der Waals surface area (Å²) in [6, 6.07) is 13.3. The van der Waals surface area contributed by atoms with E-state index in [4.69, 9.17) is 22.1 Å². The zero-order valence-corrected chi connectivity index (χ0v) is 14.6. The molecule has 6 nitrogen and oxygen atoms in total. The number of nitrogen functional groups attached to an aromatic ring is 1. The molecule has 0 spiro atoms. The normalized spacial score (nSPS) is 10.2. The highest BCUT2D eigenvalue weighted by Crippen LogP contribution is 2.23. The highest BCUT2D eigenvalue weighted by Gasteiger charge is 2.19. The number of hydrogen-bond donors (Lipinski definition) is 2. The highest BCUT2D eigenvalue weighted by molar-refractivity contribution is 6.32. The van der Waals surface area contributed by atoms with Crippen molar-refractivity contribution < 1.29 is 14.3 Å². The Labute approximate surface area is 151 Å². The van der Waals surface area contributed by atoms with E-state index in [9.17, 15) is 9.59 Å². The van der Waals surface area contributed by atoms with Crippen LogP contribution < -0.4 is 20.7 Å². The number of imide groups is 1. The number of halogens is 1. The first-order chi connectivity index (χ1) is 12.0. The Bertz CT molecular complexity index is 752. The molecule has 132 valence electrons. The average molecular weight is 362 g/mol. The third-order valence-corrected chi connectivity index (χ3v) is 3.65. The SMILES string of the molecule is CC(=O)N(C(=O)NCCCOc1ccccc1Cl)c1cccc(N)c1. The fraction of sp³-hybridized carbons (Fsp3) is 0.222. The van der Waals surface area contributed by atoms with E-state index >= 15 is 0 Å². The lowest BCUT2D eigenvalue weighted by Crippen LogP contribution is -2.43. The molecular formula is C18H20ClN3O3. The predicted octanol–water partition coefficient (Wildman–Crippen LogP) is 3.45. The number of nitrogens with one attached hydrogen (secondary N) is 1. The predicted molar refractivity (Wildman–Crippen MR) is 99.0 cm³/mol. The van der Waals surface area contributed by atoms with Crippen LogP contribution in [0.15, 0.2) is 48.5 Å². The first kappa shape index (κ1) is 18.6. The molecule has 25 heavy (non-hydrogen) atoms. The molecule has 2 rings (SSSR count). The van der Waals surface area contributed by atoms with Crippen molar-refractivity contribution in [1.82, 2.24) is 5.32 Å². The monoisotopic (exact) mass is 361 g/mol. The molecule has 0 aliphatic rings. The molecule has 0 bridgehead atoms. The van der Waals surface area contributed by atoms with E-state index in [2.05, 4.69) is 5.32 Å². The number of nitrogens with zero attached hydrogens (tertiary/aromatic N) is 1. The molecule has 0 aliphatic heterocycles. The third-order valence-electron chi connectivity index (χ3n) is 3.34. The zero-order chi connectivity index (χ0) is 18.2. The zero-order valence-electron chi connectivity index (χ0n) is 13.9. The summed E-state index contributed by atoms with van der Waals surface area (Å²) < 4.78 is 5.55. The Kier molecular flexibility index (Phi) is 6.65. The molecule has 7 heteroatoms. The molecule has 3 N–H and O–H groups in total. The van der Waals surface area contributed by atoms with Crippen molar-refractivity contribution in [1.29, 1.82) is 0 Å². The van der Waals surface area contributed by atoms with Gasteiger partial charge in [-0.15, -0.1) is 0 Å². The lowest BCUT2D eigenvalue weighted by Gasteiger charge is -2.20. The van der Waals surface area contributed by atoms with Crippen LogP contribution in [0.1, 0.15) is 13.3 Å². The van der Waals surface area contributed by atoms with Crippen LogP contribution in [0.5, 0.6) is 5.75 Å². The van der Waals surface area contributed by atoms with E-state index < -0.39 is 11.9 Å². The average Bonchev–Trinajstić information content (AvgIpc) is 2.56. The van der Waals surface area contributed by atoms with E-state index in [1.54, 1.807) is 36.4 Å². The van der Waals surface area contributed by atoms with E-state index in [1.165, 1.54) is 6.92 Å². The summed E-state index contributed by atoms with van der Waals surface area (Å²) in [5, 5.41) is 3.23. The van der Waals surface area contributed by atoms with E-state index in [1.807, 2.05) is 12.1 Å². The third kappa shape index (κ3) is 5.39. The van der Waals surface area contributed by atoms with Gasteiger partial charge in [0.2, 0.25) is 5.91 Å². The smallest absolute Gasteiger partial charge is 0.328 e. The number of rotatable bonds is 6. The van der Waals surface area contributed by atoms with Gasteiger partial charge in [-0.2, -0.15) is 0 Å². The second kappa shape index (κ2) is 8.94. The Balaban J connectivity index is 1.83. The van der Waals surface area contributed by atoms with Crippen LogP contribution in [0.2, 0.25) is 5.02 Å². The Hall–Kier alpha value is -2.73. The van der Waals surface area contributed by atoms with Gasteiger partial charge in [-0.1, -0.05) is 29.8 Å². The lowest BCUT2D eigenvalue weighted by atomic mass is 10.2. The Morgan fingerprint density at radius 1 is 1.20 bits per heavy atom. The minimum atomic E-state index is -0.504. The number of benzene rings is 2. The molecule has 0 aliphatic carbocycles. The molecule has 0 atom stereocenters. The molecule has 0 saturated carbocycles. The number of carbonyl (C=O) groups is 2. The number of amides is 3. The van der Waals surface area contributed by atoms with E-state index in [0.29, 0.717) is 41.7 Å². The topological polar surface area (TPSA) is 84.7 Å². The summed E-state index contributed by atoms with van der Waals surface area (Å²) in [6.45, 7) is 2.07. The molecule has 2 aromatic carbocycles. The number of anilines is 2. The maximum absolute atomic E-state index is 12.3. The highest BCUT2D eigenvalue weighted by atomic mass is 35.5. The molecule has 3 amide bonds. The summed E-state index contributed by atoms with van der Waals surface area (Å²) in [5.74, 6) is 0.205. The van der Waals surface area contributed by atoms with Gasteiger partial charge in [0.15, 0.2) is 0 Å². The van der Waals surface area contributed by atoms with Crippen LogP contribution in [0.3, 0.4) is 0 Å². The fourth-order valence-electron chi connectivity index (χ4n) is 2.20. The van der Waals surface area contributed by atoms with Crippen LogP contribution in [0, 0.1) is 0 Å². The van der Waals surface area contributed by atoms with Crippen LogP contribution in [-0.4, -0.2) is 25.1 Å². The molecule has 0 saturated heterocycles. The van der Waals surface area contributed by atoms with Crippen molar-refractivity contribution in [2.24, 2.45) is 0 Å². The van der Waals surface area contributed by atoms with Gasteiger partial charge in [0.25, 0.3) is 0 Å². The van der Waals surface area contributed by atoms with E-state index in [-0.39, 0.29) is 0 Å². The molecule has 0 fully saturated rings. The molecule has 2 aromatic rings. The number of para-hydroxylation sites is 1. The quantitative estimate of drug-likeness (QED) is 0.609. The summed E-state index contributed by atoms with van der Waals surface area (Å²) in [6.07, 6.45) is 0.569. The van der Waals surface area contributed by atoms with E-state index in [0.717, 1.165) is 4.90 Å². The fourth-order valence-corrected chi connectivity index (χ4v) is 2.39. The number of carbonyl (C=O) groups excluding carboxylic acids is 2. The number of hydrogen-bond acceptors (Lipinski definition) is 4. The summed E-state index contributed by atoms with van der Waals surface area (Å²) >= 11 is 6.00. The summed E-state index contributed by atoms with van der Waals surface area (Å²) in [4.78, 5) is 25.1. The summed E-state index contributed by atoms with van der Waals surface area (Å²) in [5.41, 5.74) is 6.61. The maximum Gasteiger partial charge on any atom is 0.328 e. The number of urea groups is 1. The largest absolute Gasteiger partial charge is 0.492 e. The van der Waals surface area contributed by atoms with Gasteiger partial charge >= 0.3 is 6.03 Å². The molecule has 0 unspecified atom stereocenters. The van der Waals surface area contributed by atoms with Crippen molar-refractivity contribution in [2.75, 3.05) is 23.8 Å². The summed E-state index contributed by atoms with van der Waals surface area (Å²) in [7, 11) is 0. The van der Waals surface area contributed by atoms with Gasteiger partial charge in [-0.25, -0.2) is 9.69 Å². The molecule has 0 radical (unpaired) electrons. The minimum absolute atomic E-state index is 0.357. The molecule has 0 aromatic heterocycles. The van der Waals surface area contributed by atoms with Crippen LogP contribution in [0.25, 0.3) is 0 Å². The van der Waals surface area contributed by atoms with Gasteiger partial charge in [0.05, 0.1) is 17.3 Å². The van der Waals surface area contributed by atoms with Crippen LogP contribution in [0.4, 0.5) is 16.2 Å². The first-order valence-electron chi connectivity index (χ1n) is 7.80. The van der Waals surface area contributed by atoms with Crippen molar-refractivity contribution in [3.8, 4) is 5.75 Å². The Morgan fingerprint density at radius 3 is 2.64 bits per heavy atom. The maximum atomic E-state index is 12.3. The number of nitrogens with two attached hydrogens (primary N) is 1. The van der Waals surface area contributed by atoms with Crippen molar-refractivity contribution in [3.05, 3.63) is 53.6 Å². The van der Waals surface area contributed by atoms with Gasteiger partial charge in [0.1, 0.15) is 5.75 Å². The van der Waals surface area contributed by atoms with Crippen molar-refractivity contribution in [3.63, 3.8) is 0 Å². The van der Waals surface area contributed by atoms with Crippen LogP contribution >= 0.6 is 11.6 Å². The number of ether oxygens (including phenoxy) is 1. The van der Waals surface area contributed by atoms with Crippen molar-refractivity contribution >= 4 is 34.9 Å². The van der Waals surface area contributed by atoms with Crippen molar-refractivity contribution in [2.45, 2.75) is 13.3 Å². The van der Waals surface area contributed by atoms with Gasteiger partial charge in [-0.3, -0.25) is 4.79 Å². The van der Waals surface area contributed by atoms with Gasteiger partial charge in [0, 0.05) is 19.2 Å². The standard InChI is InChI=1S/C18H20ClN3O3/c1-13(23)22(15-7-4-6-14(20)12-15)18(24)21-10-5-11-25-17-9-3-2-8-16(17)19/h2-4,6-9,12H,5,10-11,20H2,1H3,(H,21,24). The van der Waals surface area contributed by atoms with Gasteiger partial charge in [-0.05, 0) is 36.8 Å². The Morgan fingerprint density at radius 2 is 1.96 bits per heavy atom.